The number of H-pyrrole nitrogens is 1. The highest BCUT2D eigenvalue weighted by Gasteiger charge is 2.19. The third-order valence-electron chi connectivity index (χ3n) is 3.97. The van der Waals surface area contributed by atoms with Crippen LogP contribution in [-0.2, 0) is 4.79 Å². The Morgan fingerprint density at radius 2 is 2.04 bits per heavy atom. The SMILES string of the molecule is CCCOc1cc(-c2cn[nH]c2)ccc1NC(=O)C(O)c1ccc(F)cc1. The number of benzene rings is 2. The van der Waals surface area contributed by atoms with Crippen molar-refractivity contribution in [3.8, 4) is 16.9 Å². The topological polar surface area (TPSA) is 87.2 Å². The summed E-state index contributed by atoms with van der Waals surface area (Å²) in [4.78, 5) is 12.4. The zero-order valence-corrected chi connectivity index (χ0v) is 14.8. The van der Waals surface area contributed by atoms with Crippen LogP contribution >= 0.6 is 0 Å². The molecule has 1 atom stereocenters. The molecule has 0 saturated carbocycles. The van der Waals surface area contributed by atoms with Gasteiger partial charge in [-0.15, -0.1) is 0 Å². The molecule has 3 rings (SSSR count). The lowest BCUT2D eigenvalue weighted by molar-refractivity contribution is -0.124. The molecule has 0 aliphatic heterocycles. The van der Waals surface area contributed by atoms with Crippen LogP contribution in [0.3, 0.4) is 0 Å². The first-order chi connectivity index (χ1) is 13.1. The molecule has 2 aromatic carbocycles. The molecule has 0 radical (unpaired) electrons. The molecule has 0 spiro atoms. The average molecular weight is 369 g/mol. The first kappa shape index (κ1) is 18.6. The second kappa shape index (κ2) is 8.46. The predicted octanol–water partition coefficient (Wildman–Crippen LogP) is 3.68. The van der Waals surface area contributed by atoms with E-state index in [4.69, 9.17) is 4.74 Å². The van der Waals surface area contributed by atoms with Crippen LogP contribution in [0.5, 0.6) is 5.75 Å². The molecule has 3 aromatic rings. The monoisotopic (exact) mass is 369 g/mol. The first-order valence-electron chi connectivity index (χ1n) is 8.59. The van der Waals surface area contributed by atoms with Crippen LogP contribution in [0.2, 0.25) is 0 Å². The molecule has 1 amide bonds. The number of aromatic nitrogens is 2. The van der Waals surface area contributed by atoms with Crippen molar-refractivity contribution >= 4 is 11.6 Å². The molecule has 0 fully saturated rings. The maximum absolute atomic E-state index is 13.0. The van der Waals surface area contributed by atoms with Gasteiger partial charge in [-0.3, -0.25) is 9.89 Å². The number of aliphatic hydroxyl groups excluding tert-OH is 1. The number of aliphatic hydroxyl groups is 1. The van der Waals surface area contributed by atoms with Crippen molar-refractivity contribution in [2.45, 2.75) is 19.4 Å². The summed E-state index contributed by atoms with van der Waals surface area (Å²) >= 11 is 0. The number of rotatable bonds is 7. The molecule has 0 aliphatic carbocycles. The minimum Gasteiger partial charge on any atom is -0.491 e. The maximum Gasteiger partial charge on any atom is 0.257 e. The number of carbonyl (C=O) groups is 1. The lowest BCUT2D eigenvalue weighted by Gasteiger charge is -2.16. The molecule has 140 valence electrons. The van der Waals surface area contributed by atoms with Gasteiger partial charge in [-0.25, -0.2) is 4.39 Å². The smallest absolute Gasteiger partial charge is 0.257 e. The van der Waals surface area contributed by atoms with Gasteiger partial charge in [0.15, 0.2) is 6.10 Å². The van der Waals surface area contributed by atoms with E-state index in [-0.39, 0.29) is 0 Å². The zero-order chi connectivity index (χ0) is 19.2. The van der Waals surface area contributed by atoms with Crippen molar-refractivity contribution in [3.05, 3.63) is 66.2 Å². The first-order valence-corrected chi connectivity index (χ1v) is 8.59. The van der Waals surface area contributed by atoms with E-state index in [0.717, 1.165) is 17.5 Å². The van der Waals surface area contributed by atoms with E-state index in [1.165, 1.54) is 24.3 Å². The maximum atomic E-state index is 13.0. The lowest BCUT2D eigenvalue weighted by Crippen LogP contribution is -2.21. The van der Waals surface area contributed by atoms with Gasteiger partial charge in [0.05, 0.1) is 18.5 Å². The average Bonchev–Trinajstić information content (AvgIpc) is 3.22. The Bertz CT molecular complexity index is 895. The molecule has 1 aromatic heterocycles. The summed E-state index contributed by atoms with van der Waals surface area (Å²) in [5.41, 5.74) is 2.52. The van der Waals surface area contributed by atoms with Crippen molar-refractivity contribution in [2.75, 3.05) is 11.9 Å². The Kier molecular flexibility index (Phi) is 5.83. The Morgan fingerprint density at radius 3 is 2.70 bits per heavy atom. The number of nitrogens with one attached hydrogen (secondary N) is 2. The normalized spacial score (nSPS) is 11.8. The fourth-order valence-electron chi connectivity index (χ4n) is 2.54. The number of aromatic amines is 1. The number of hydrogen-bond acceptors (Lipinski definition) is 4. The second-order valence-electron chi connectivity index (χ2n) is 5.99. The Hall–Kier alpha value is -3.19. The summed E-state index contributed by atoms with van der Waals surface area (Å²) in [7, 11) is 0. The van der Waals surface area contributed by atoms with E-state index >= 15 is 0 Å². The predicted molar refractivity (Wildman–Crippen MR) is 99.8 cm³/mol. The van der Waals surface area contributed by atoms with Gasteiger partial charge in [-0.2, -0.15) is 5.10 Å². The van der Waals surface area contributed by atoms with Crippen LogP contribution in [0.1, 0.15) is 25.0 Å². The number of carbonyl (C=O) groups excluding carboxylic acids is 1. The fourth-order valence-corrected chi connectivity index (χ4v) is 2.54. The number of ether oxygens (including phenoxy) is 1. The summed E-state index contributed by atoms with van der Waals surface area (Å²) in [5.74, 6) is -0.564. The molecule has 1 heterocycles. The standard InChI is InChI=1S/C20H20FN3O3/c1-2-9-27-18-10-14(15-11-22-23-12-15)5-8-17(18)24-20(26)19(25)13-3-6-16(21)7-4-13/h3-8,10-12,19,25H,2,9H2,1H3,(H,22,23)(H,24,26). The number of hydrogen-bond donors (Lipinski definition) is 3. The highest BCUT2D eigenvalue weighted by Crippen LogP contribution is 2.31. The van der Waals surface area contributed by atoms with Crippen molar-refractivity contribution < 1.29 is 19.0 Å². The molecule has 6 nitrogen and oxygen atoms in total. The summed E-state index contributed by atoms with van der Waals surface area (Å²) in [6.45, 7) is 2.47. The van der Waals surface area contributed by atoms with Crippen molar-refractivity contribution in [3.63, 3.8) is 0 Å². The molecule has 3 N–H and O–H groups in total. The second-order valence-corrected chi connectivity index (χ2v) is 5.99. The van der Waals surface area contributed by atoms with Crippen molar-refractivity contribution in [2.24, 2.45) is 0 Å². The Labute approximate surface area is 156 Å². The quantitative estimate of drug-likeness (QED) is 0.593. The summed E-state index contributed by atoms with van der Waals surface area (Å²) < 4.78 is 18.8. The third kappa shape index (κ3) is 4.51. The molecule has 1 unspecified atom stereocenters. The highest BCUT2D eigenvalue weighted by molar-refractivity contribution is 5.96. The molecule has 0 aliphatic rings. The van der Waals surface area contributed by atoms with Gasteiger partial charge in [0, 0.05) is 11.8 Å². The number of anilines is 1. The van der Waals surface area contributed by atoms with Gasteiger partial charge in [-0.05, 0) is 41.8 Å². The third-order valence-corrected chi connectivity index (χ3v) is 3.97. The van der Waals surface area contributed by atoms with E-state index in [1.54, 1.807) is 24.5 Å². The van der Waals surface area contributed by atoms with E-state index in [0.29, 0.717) is 23.6 Å². The molecule has 7 heteroatoms. The van der Waals surface area contributed by atoms with E-state index in [1.807, 2.05) is 13.0 Å². The van der Waals surface area contributed by atoms with E-state index in [2.05, 4.69) is 15.5 Å². The van der Waals surface area contributed by atoms with Gasteiger partial charge in [-0.1, -0.05) is 25.1 Å². The van der Waals surface area contributed by atoms with E-state index < -0.39 is 17.8 Å². The van der Waals surface area contributed by atoms with Gasteiger partial charge < -0.3 is 15.2 Å². The Morgan fingerprint density at radius 1 is 1.26 bits per heavy atom. The molecule has 27 heavy (non-hydrogen) atoms. The molecule has 0 saturated heterocycles. The Balaban J connectivity index is 1.81. The summed E-state index contributed by atoms with van der Waals surface area (Å²) in [5, 5.41) is 19.6. The minimum atomic E-state index is -1.42. The fraction of sp³-hybridized carbons (Fsp3) is 0.200. The zero-order valence-electron chi connectivity index (χ0n) is 14.8. The van der Waals surface area contributed by atoms with Crippen LogP contribution < -0.4 is 10.1 Å². The van der Waals surface area contributed by atoms with Crippen molar-refractivity contribution in [1.82, 2.24) is 10.2 Å². The van der Waals surface area contributed by atoms with Crippen LogP contribution in [0, 0.1) is 5.82 Å². The van der Waals surface area contributed by atoms with Gasteiger partial charge in [0.1, 0.15) is 11.6 Å². The number of amides is 1. The minimum absolute atomic E-state index is 0.306. The number of nitrogens with zero attached hydrogens (tertiary/aromatic N) is 1. The number of halogens is 1. The van der Waals surface area contributed by atoms with Gasteiger partial charge in [0.25, 0.3) is 5.91 Å². The van der Waals surface area contributed by atoms with Crippen molar-refractivity contribution in [1.29, 1.82) is 0 Å². The molecule has 0 bridgehead atoms. The van der Waals surface area contributed by atoms with E-state index in [9.17, 15) is 14.3 Å². The summed E-state index contributed by atoms with van der Waals surface area (Å²) in [6, 6.07) is 10.5. The largest absolute Gasteiger partial charge is 0.491 e. The molecular formula is C20H20FN3O3. The van der Waals surface area contributed by atoms with Gasteiger partial charge in [0.2, 0.25) is 0 Å². The summed E-state index contributed by atoms with van der Waals surface area (Å²) in [6.07, 6.45) is 2.84. The van der Waals surface area contributed by atoms with Crippen LogP contribution in [-0.4, -0.2) is 27.8 Å². The van der Waals surface area contributed by atoms with Crippen LogP contribution in [0.25, 0.3) is 11.1 Å². The lowest BCUT2D eigenvalue weighted by atomic mass is 10.1. The van der Waals surface area contributed by atoms with Crippen LogP contribution in [0.15, 0.2) is 54.9 Å². The van der Waals surface area contributed by atoms with Gasteiger partial charge >= 0.3 is 0 Å². The molecular weight excluding hydrogens is 349 g/mol. The highest BCUT2D eigenvalue weighted by atomic mass is 19.1. The van der Waals surface area contributed by atoms with Crippen LogP contribution in [0.4, 0.5) is 10.1 Å².